The second kappa shape index (κ2) is 6.26. The van der Waals surface area contributed by atoms with Gasteiger partial charge in [0.1, 0.15) is 0 Å². The number of urea groups is 1. The Morgan fingerprint density at radius 2 is 1.84 bits per heavy atom. The van der Waals surface area contributed by atoms with Crippen LogP contribution in [0.1, 0.15) is 59.3 Å². The average Bonchev–Trinajstić information content (AvgIpc) is 2.77. The summed E-state index contributed by atoms with van der Waals surface area (Å²) in [5, 5.41) is 14.8. The van der Waals surface area contributed by atoms with Gasteiger partial charge in [-0.05, 0) is 39.5 Å². The van der Waals surface area contributed by atoms with Gasteiger partial charge < -0.3 is 15.7 Å². The predicted octanol–water partition coefficient (Wildman–Crippen LogP) is 2.51. The molecule has 1 aliphatic rings. The van der Waals surface area contributed by atoms with Crippen LogP contribution in [0.4, 0.5) is 4.79 Å². The minimum atomic E-state index is -0.837. The van der Waals surface area contributed by atoms with Crippen molar-refractivity contribution in [2.75, 3.05) is 6.54 Å². The van der Waals surface area contributed by atoms with Crippen LogP contribution >= 0.6 is 0 Å². The second-order valence-corrected chi connectivity index (χ2v) is 6.16. The van der Waals surface area contributed by atoms with Crippen molar-refractivity contribution in [3.63, 3.8) is 0 Å². The summed E-state index contributed by atoms with van der Waals surface area (Å²) < 4.78 is 0. The highest BCUT2D eigenvalue weighted by Gasteiger charge is 2.33. The zero-order chi connectivity index (χ0) is 14.5. The van der Waals surface area contributed by atoms with Gasteiger partial charge in [0.15, 0.2) is 0 Å². The summed E-state index contributed by atoms with van der Waals surface area (Å²) in [6.45, 7) is 5.81. The van der Waals surface area contributed by atoms with Gasteiger partial charge in [0.25, 0.3) is 0 Å². The molecular weight excluding hydrogens is 244 g/mol. The molecule has 0 aromatic carbocycles. The lowest BCUT2D eigenvalue weighted by Gasteiger charge is -2.29. The number of rotatable bonds is 6. The van der Waals surface area contributed by atoms with Crippen molar-refractivity contribution in [3.05, 3.63) is 0 Å². The Morgan fingerprint density at radius 3 is 2.32 bits per heavy atom. The molecule has 0 bridgehead atoms. The van der Waals surface area contributed by atoms with E-state index in [1.165, 1.54) is 12.8 Å². The molecule has 1 aliphatic carbocycles. The number of hydrogen-bond donors (Lipinski definition) is 3. The fourth-order valence-electron chi connectivity index (χ4n) is 2.50. The van der Waals surface area contributed by atoms with Gasteiger partial charge >= 0.3 is 12.0 Å². The third-order valence-corrected chi connectivity index (χ3v) is 4.23. The van der Waals surface area contributed by atoms with Crippen molar-refractivity contribution in [2.24, 2.45) is 5.41 Å². The van der Waals surface area contributed by atoms with Crippen LogP contribution in [0.3, 0.4) is 0 Å². The molecule has 0 heterocycles. The maximum Gasteiger partial charge on any atom is 0.315 e. The molecule has 0 atom stereocenters. The summed E-state index contributed by atoms with van der Waals surface area (Å²) in [7, 11) is 0. The summed E-state index contributed by atoms with van der Waals surface area (Å²) in [4.78, 5) is 22.8. The molecule has 0 aromatic heterocycles. The molecule has 3 N–H and O–H groups in total. The van der Waals surface area contributed by atoms with Crippen molar-refractivity contribution in [2.45, 2.75) is 64.8 Å². The summed E-state index contributed by atoms with van der Waals surface area (Å²) >= 11 is 0. The highest BCUT2D eigenvalue weighted by atomic mass is 16.4. The lowest BCUT2D eigenvalue weighted by Crippen LogP contribution is -2.50. The van der Waals surface area contributed by atoms with E-state index in [1.807, 2.05) is 0 Å². The standard InChI is InChI=1S/C14H26N2O3/c1-4-14(7-5-6-8-14)16-12(19)15-10-9-13(2,3)11(17)18/h4-10H2,1-3H3,(H,17,18)(H2,15,16,19). The van der Waals surface area contributed by atoms with E-state index in [0.717, 1.165) is 19.3 Å². The number of aliphatic carboxylic acids is 1. The molecular formula is C14H26N2O3. The van der Waals surface area contributed by atoms with Crippen LogP contribution in [0.5, 0.6) is 0 Å². The van der Waals surface area contributed by atoms with Gasteiger partial charge in [-0.15, -0.1) is 0 Å². The number of hydrogen-bond acceptors (Lipinski definition) is 2. The second-order valence-electron chi connectivity index (χ2n) is 6.16. The fraction of sp³-hybridized carbons (Fsp3) is 0.857. The van der Waals surface area contributed by atoms with Crippen LogP contribution in [0.25, 0.3) is 0 Å². The number of carbonyl (C=O) groups is 2. The van der Waals surface area contributed by atoms with E-state index in [-0.39, 0.29) is 11.6 Å². The Labute approximate surface area is 115 Å². The van der Waals surface area contributed by atoms with Crippen LogP contribution < -0.4 is 10.6 Å². The van der Waals surface area contributed by atoms with Crippen LogP contribution in [0.2, 0.25) is 0 Å². The summed E-state index contributed by atoms with van der Waals surface area (Å²) in [5.41, 5.74) is -0.852. The SMILES string of the molecule is CCC1(NC(=O)NCCC(C)(C)C(=O)O)CCCC1. The van der Waals surface area contributed by atoms with Crippen LogP contribution in [-0.2, 0) is 4.79 Å². The van der Waals surface area contributed by atoms with Gasteiger partial charge in [0, 0.05) is 12.1 Å². The molecule has 1 fully saturated rings. The Balaban J connectivity index is 2.34. The van der Waals surface area contributed by atoms with Crippen molar-refractivity contribution < 1.29 is 14.7 Å². The Bertz CT molecular complexity index is 334. The maximum absolute atomic E-state index is 11.8. The third kappa shape index (κ3) is 4.40. The van der Waals surface area contributed by atoms with Crippen molar-refractivity contribution >= 4 is 12.0 Å². The predicted molar refractivity (Wildman–Crippen MR) is 74.1 cm³/mol. The molecule has 5 heteroatoms. The number of carboxylic acid groups (broad SMARTS) is 1. The van der Waals surface area contributed by atoms with Gasteiger partial charge in [-0.25, -0.2) is 4.79 Å². The lowest BCUT2D eigenvalue weighted by atomic mass is 9.90. The Hall–Kier alpha value is -1.26. The van der Waals surface area contributed by atoms with Gasteiger partial charge in [-0.1, -0.05) is 19.8 Å². The molecule has 0 saturated heterocycles. The zero-order valence-corrected chi connectivity index (χ0v) is 12.2. The van der Waals surface area contributed by atoms with Crippen molar-refractivity contribution in [1.29, 1.82) is 0 Å². The summed E-state index contributed by atoms with van der Waals surface area (Å²) in [6, 6.07) is -0.176. The third-order valence-electron chi connectivity index (χ3n) is 4.23. The fourth-order valence-corrected chi connectivity index (χ4v) is 2.50. The summed E-state index contributed by atoms with van der Waals surface area (Å²) in [6.07, 6.45) is 5.78. The highest BCUT2D eigenvalue weighted by molar-refractivity contribution is 5.75. The van der Waals surface area contributed by atoms with E-state index in [0.29, 0.717) is 13.0 Å². The van der Waals surface area contributed by atoms with Gasteiger partial charge in [0.05, 0.1) is 5.41 Å². The molecule has 2 amide bonds. The van der Waals surface area contributed by atoms with E-state index in [1.54, 1.807) is 13.8 Å². The van der Waals surface area contributed by atoms with E-state index in [4.69, 9.17) is 5.11 Å². The molecule has 110 valence electrons. The van der Waals surface area contributed by atoms with E-state index >= 15 is 0 Å². The topological polar surface area (TPSA) is 78.4 Å². The zero-order valence-electron chi connectivity index (χ0n) is 12.2. The number of carbonyl (C=O) groups excluding carboxylic acids is 1. The first kappa shape index (κ1) is 15.8. The smallest absolute Gasteiger partial charge is 0.315 e. The van der Waals surface area contributed by atoms with E-state index < -0.39 is 11.4 Å². The molecule has 0 aromatic rings. The van der Waals surface area contributed by atoms with Crippen LogP contribution in [-0.4, -0.2) is 29.2 Å². The monoisotopic (exact) mass is 270 g/mol. The first-order valence-corrected chi connectivity index (χ1v) is 7.11. The largest absolute Gasteiger partial charge is 0.481 e. The molecule has 0 unspecified atom stereocenters. The minimum Gasteiger partial charge on any atom is -0.481 e. The average molecular weight is 270 g/mol. The number of carboxylic acids is 1. The minimum absolute atomic E-state index is 0.0492. The normalized spacial score (nSPS) is 18.1. The molecule has 1 saturated carbocycles. The van der Waals surface area contributed by atoms with Gasteiger partial charge in [0.2, 0.25) is 0 Å². The molecule has 0 aliphatic heterocycles. The van der Waals surface area contributed by atoms with Crippen LogP contribution in [0.15, 0.2) is 0 Å². The number of amides is 2. The van der Waals surface area contributed by atoms with E-state index in [2.05, 4.69) is 17.6 Å². The Kier molecular flexibility index (Phi) is 5.20. The lowest BCUT2D eigenvalue weighted by molar-refractivity contribution is -0.147. The van der Waals surface area contributed by atoms with Crippen molar-refractivity contribution in [1.82, 2.24) is 10.6 Å². The van der Waals surface area contributed by atoms with Crippen LogP contribution in [0, 0.1) is 5.41 Å². The molecule has 0 spiro atoms. The quantitative estimate of drug-likeness (QED) is 0.694. The molecule has 1 rings (SSSR count). The van der Waals surface area contributed by atoms with Crippen molar-refractivity contribution in [3.8, 4) is 0 Å². The molecule has 19 heavy (non-hydrogen) atoms. The Morgan fingerprint density at radius 1 is 1.26 bits per heavy atom. The number of nitrogens with one attached hydrogen (secondary N) is 2. The maximum atomic E-state index is 11.8. The van der Waals surface area contributed by atoms with Gasteiger partial charge in [-0.2, -0.15) is 0 Å². The van der Waals surface area contributed by atoms with E-state index in [9.17, 15) is 9.59 Å². The highest BCUT2D eigenvalue weighted by Crippen LogP contribution is 2.32. The first-order chi connectivity index (χ1) is 8.81. The van der Waals surface area contributed by atoms with Gasteiger partial charge in [-0.3, -0.25) is 4.79 Å². The molecule has 5 nitrogen and oxygen atoms in total. The summed E-state index contributed by atoms with van der Waals surface area (Å²) in [5.74, 6) is -0.837. The molecule has 0 radical (unpaired) electrons. The first-order valence-electron chi connectivity index (χ1n) is 7.11.